The van der Waals surface area contributed by atoms with Crippen LogP contribution in [0.3, 0.4) is 0 Å². The predicted molar refractivity (Wildman–Crippen MR) is 69.3 cm³/mol. The van der Waals surface area contributed by atoms with E-state index in [1.165, 1.54) is 7.11 Å². The van der Waals surface area contributed by atoms with E-state index in [-0.39, 0.29) is 19.4 Å². The highest BCUT2D eigenvalue weighted by Gasteiger charge is 2.21. The molecule has 9 nitrogen and oxygen atoms in total. The van der Waals surface area contributed by atoms with Crippen LogP contribution in [0, 0.1) is 6.92 Å². The summed E-state index contributed by atoms with van der Waals surface area (Å²) in [4.78, 5) is 33.6. The van der Waals surface area contributed by atoms with Crippen molar-refractivity contribution in [3.63, 3.8) is 0 Å². The van der Waals surface area contributed by atoms with Crippen LogP contribution in [0.5, 0.6) is 0 Å². The number of aliphatic carboxylic acids is 1. The normalized spacial score (nSPS) is 11.5. The number of carbonyl (C=O) groups is 3. The molecule has 0 aliphatic heterocycles. The second-order valence-corrected chi connectivity index (χ2v) is 4.27. The summed E-state index contributed by atoms with van der Waals surface area (Å²) in [7, 11) is 1.21. The number of methoxy groups -OCH3 is 1. The molecule has 1 aromatic rings. The minimum atomic E-state index is -1.23. The molecule has 0 fully saturated rings. The van der Waals surface area contributed by atoms with E-state index in [2.05, 4.69) is 20.5 Å². The van der Waals surface area contributed by atoms with Gasteiger partial charge in [-0.3, -0.25) is 4.79 Å². The number of nitrogens with zero attached hydrogens (tertiary/aromatic N) is 1. The molecule has 1 rings (SSSR count). The van der Waals surface area contributed by atoms with E-state index in [4.69, 9.17) is 9.63 Å². The average Bonchev–Trinajstić information content (AvgIpc) is 2.86. The van der Waals surface area contributed by atoms with Gasteiger partial charge in [-0.25, -0.2) is 9.59 Å². The summed E-state index contributed by atoms with van der Waals surface area (Å²) in [6.45, 7) is 1.82. The molecular weight excluding hydrogens is 282 g/mol. The minimum absolute atomic E-state index is 0.0587. The highest BCUT2D eigenvalue weighted by Crippen LogP contribution is 2.02. The van der Waals surface area contributed by atoms with E-state index in [1.807, 2.05) is 0 Å². The number of carboxylic acids is 1. The molecule has 0 saturated carbocycles. The fraction of sp³-hybridized carbons (Fsp3) is 0.500. The molecule has 0 bridgehead atoms. The van der Waals surface area contributed by atoms with Crippen molar-refractivity contribution in [2.45, 2.75) is 32.4 Å². The monoisotopic (exact) mass is 299 g/mol. The van der Waals surface area contributed by atoms with Gasteiger partial charge < -0.3 is 25.0 Å². The molecule has 1 atom stereocenters. The molecule has 9 heteroatoms. The Bertz CT molecular complexity index is 513. The molecule has 0 aromatic carbocycles. The van der Waals surface area contributed by atoms with Gasteiger partial charge in [0.25, 0.3) is 0 Å². The highest BCUT2D eigenvalue weighted by molar-refractivity contribution is 5.83. The van der Waals surface area contributed by atoms with Crippen LogP contribution in [0.4, 0.5) is 4.79 Å². The number of aromatic nitrogens is 1. The second kappa shape index (κ2) is 7.88. The standard InChI is InChI=1S/C12H17N3O6/c1-7-5-8(21-15-7)6-13-12(19)14-9(11(17)18)3-4-10(16)20-2/h5,9H,3-4,6H2,1-2H3,(H,17,18)(H2,13,14,19)/t9-/m1/s1. The lowest BCUT2D eigenvalue weighted by Crippen LogP contribution is -2.46. The summed E-state index contributed by atoms with van der Waals surface area (Å²) in [6, 6.07) is -0.214. The summed E-state index contributed by atoms with van der Waals surface area (Å²) in [5.74, 6) is -1.32. The molecule has 0 spiro atoms. The molecule has 1 aromatic heterocycles. The topological polar surface area (TPSA) is 131 Å². The van der Waals surface area contributed by atoms with E-state index in [0.29, 0.717) is 11.5 Å². The van der Waals surface area contributed by atoms with Crippen molar-refractivity contribution < 1.29 is 28.8 Å². The fourth-order valence-corrected chi connectivity index (χ4v) is 1.50. The number of carbonyl (C=O) groups excluding carboxylic acids is 2. The van der Waals surface area contributed by atoms with Crippen LogP contribution in [-0.4, -0.2) is 41.4 Å². The third kappa shape index (κ3) is 5.93. The molecule has 1 heterocycles. The summed E-state index contributed by atoms with van der Waals surface area (Å²) >= 11 is 0. The fourth-order valence-electron chi connectivity index (χ4n) is 1.50. The Morgan fingerprint density at radius 2 is 2.19 bits per heavy atom. The summed E-state index contributed by atoms with van der Waals surface area (Å²) in [6.07, 6.45) is -0.161. The van der Waals surface area contributed by atoms with Gasteiger partial charge in [0.2, 0.25) is 0 Å². The van der Waals surface area contributed by atoms with Gasteiger partial charge >= 0.3 is 18.0 Å². The van der Waals surface area contributed by atoms with Gasteiger partial charge in [0.15, 0.2) is 5.76 Å². The van der Waals surface area contributed by atoms with Crippen molar-refractivity contribution in [2.75, 3.05) is 7.11 Å². The SMILES string of the molecule is COC(=O)CC[C@@H](NC(=O)NCc1cc(C)no1)C(=O)O. The number of hydrogen-bond acceptors (Lipinski definition) is 6. The van der Waals surface area contributed by atoms with Gasteiger partial charge in [0, 0.05) is 12.5 Å². The molecule has 116 valence electrons. The Balaban J connectivity index is 2.41. The number of ether oxygens (including phenoxy) is 1. The molecular formula is C12H17N3O6. The van der Waals surface area contributed by atoms with Gasteiger partial charge in [0.1, 0.15) is 6.04 Å². The minimum Gasteiger partial charge on any atom is -0.480 e. The molecule has 3 N–H and O–H groups in total. The summed E-state index contributed by atoms with van der Waals surface area (Å²) in [5, 5.41) is 17.3. The van der Waals surface area contributed by atoms with Crippen molar-refractivity contribution >= 4 is 18.0 Å². The molecule has 0 aliphatic rings. The number of esters is 1. The van der Waals surface area contributed by atoms with Crippen molar-refractivity contribution in [3.8, 4) is 0 Å². The molecule has 0 radical (unpaired) electrons. The number of urea groups is 1. The van der Waals surface area contributed by atoms with Crippen molar-refractivity contribution in [2.24, 2.45) is 0 Å². The molecule has 2 amide bonds. The first-order valence-electron chi connectivity index (χ1n) is 6.18. The molecule has 0 aliphatic carbocycles. The maximum absolute atomic E-state index is 11.6. The highest BCUT2D eigenvalue weighted by atomic mass is 16.5. The first kappa shape index (κ1) is 16.5. The summed E-state index contributed by atoms with van der Waals surface area (Å²) in [5.41, 5.74) is 0.675. The Morgan fingerprint density at radius 3 is 2.71 bits per heavy atom. The van der Waals surface area contributed by atoms with Gasteiger partial charge in [-0.15, -0.1) is 0 Å². The van der Waals surface area contributed by atoms with E-state index >= 15 is 0 Å². The zero-order valence-electron chi connectivity index (χ0n) is 11.7. The van der Waals surface area contributed by atoms with E-state index in [0.717, 1.165) is 0 Å². The lowest BCUT2D eigenvalue weighted by molar-refractivity contribution is -0.142. The number of amides is 2. The van der Waals surface area contributed by atoms with Crippen LogP contribution < -0.4 is 10.6 Å². The lowest BCUT2D eigenvalue weighted by Gasteiger charge is -2.14. The maximum Gasteiger partial charge on any atom is 0.326 e. The lowest BCUT2D eigenvalue weighted by atomic mass is 10.1. The van der Waals surface area contributed by atoms with Crippen LogP contribution >= 0.6 is 0 Å². The zero-order chi connectivity index (χ0) is 15.8. The van der Waals surface area contributed by atoms with Crippen LogP contribution in [0.25, 0.3) is 0 Å². The molecule has 0 saturated heterocycles. The van der Waals surface area contributed by atoms with Crippen molar-refractivity contribution in [1.29, 1.82) is 0 Å². The number of carboxylic acid groups (broad SMARTS) is 1. The number of hydrogen-bond donors (Lipinski definition) is 3. The second-order valence-electron chi connectivity index (χ2n) is 4.27. The van der Waals surface area contributed by atoms with Gasteiger partial charge in [-0.1, -0.05) is 5.16 Å². The Labute approximate surface area is 120 Å². The third-order valence-corrected chi connectivity index (χ3v) is 2.57. The number of aryl methyl sites for hydroxylation is 1. The zero-order valence-corrected chi connectivity index (χ0v) is 11.7. The van der Waals surface area contributed by atoms with E-state index < -0.39 is 24.0 Å². The largest absolute Gasteiger partial charge is 0.480 e. The Morgan fingerprint density at radius 1 is 1.48 bits per heavy atom. The van der Waals surface area contributed by atoms with Crippen LogP contribution in [0.1, 0.15) is 24.3 Å². The quantitative estimate of drug-likeness (QED) is 0.612. The van der Waals surface area contributed by atoms with Crippen LogP contribution in [-0.2, 0) is 20.9 Å². The van der Waals surface area contributed by atoms with Gasteiger partial charge in [0.05, 0.1) is 19.3 Å². The Hall–Kier alpha value is -2.58. The predicted octanol–water partition coefficient (Wildman–Crippen LogP) is 0.189. The van der Waals surface area contributed by atoms with E-state index in [1.54, 1.807) is 13.0 Å². The first-order chi connectivity index (χ1) is 9.92. The van der Waals surface area contributed by atoms with Crippen molar-refractivity contribution in [3.05, 3.63) is 17.5 Å². The van der Waals surface area contributed by atoms with Crippen molar-refractivity contribution in [1.82, 2.24) is 15.8 Å². The van der Waals surface area contributed by atoms with Gasteiger partial charge in [-0.05, 0) is 13.3 Å². The van der Waals surface area contributed by atoms with Crippen LogP contribution in [0.2, 0.25) is 0 Å². The first-order valence-corrected chi connectivity index (χ1v) is 6.18. The maximum atomic E-state index is 11.6. The third-order valence-electron chi connectivity index (χ3n) is 2.57. The van der Waals surface area contributed by atoms with E-state index in [9.17, 15) is 14.4 Å². The number of nitrogens with one attached hydrogen (secondary N) is 2. The summed E-state index contributed by atoms with van der Waals surface area (Å²) < 4.78 is 9.30. The molecule has 21 heavy (non-hydrogen) atoms. The Kier molecular flexibility index (Phi) is 6.18. The molecule has 0 unspecified atom stereocenters. The average molecular weight is 299 g/mol. The smallest absolute Gasteiger partial charge is 0.326 e. The van der Waals surface area contributed by atoms with Crippen LogP contribution in [0.15, 0.2) is 10.6 Å². The number of rotatable bonds is 7. The van der Waals surface area contributed by atoms with Gasteiger partial charge in [-0.2, -0.15) is 0 Å².